The van der Waals surface area contributed by atoms with Gasteiger partial charge in [-0.1, -0.05) is 60.2 Å². The van der Waals surface area contributed by atoms with Crippen molar-refractivity contribution in [3.05, 3.63) is 89.0 Å². The van der Waals surface area contributed by atoms with Crippen LogP contribution in [0.2, 0.25) is 0 Å². The van der Waals surface area contributed by atoms with E-state index in [1.807, 2.05) is 68.4 Å². The van der Waals surface area contributed by atoms with Crippen LogP contribution in [0.5, 0.6) is 5.75 Å². The Morgan fingerprint density at radius 2 is 1.82 bits per heavy atom. The molecule has 1 fully saturated rings. The fourth-order valence-corrected chi connectivity index (χ4v) is 4.37. The molecule has 0 radical (unpaired) electrons. The predicted octanol–water partition coefficient (Wildman–Crippen LogP) is 5.38. The largest absolute Gasteiger partial charge is 0.496 e. The van der Waals surface area contributed by atoms with E-state index in [9.17, 15) is 14.7 Å². The lowest BCUT2D eigenvalue weighted by Crippen LogP contribution is -2.31. The number of aliphatic carboxylic acids is 1. The first kappa shape index (κ1) is 22.4. The number of benzene rings is 3. The topological polar surface area (TPSA) is 76.1 Å². The molecule has 170 valence electrons. The molecule has 3 aromatic carbocycles. The number of carboxylic acids is 1. The van der Waals surface area contributed by atoms with E-state index in [4.69, 9.17) is 9.47 Å². The van der Waals surface area contributed by atoms with Crippen molar-refractivity contribution in [3.8, 4) is 16.9 Å². The van der Waals surface area contributed by atoms with Crippen molar-refractivity contribution in [2.45, 2.75) is 39.0 Å². The number of aryl methyl sites for hydroxylation is 1. The fraction of sp³-hybridized carbons (Fsp3) is 0.259. The molecule has 6 heteroatoms. The number of nitrogens with zero attached hydrogens (tertiary/aromatic N) is 1. The SMILES string of the molecule is COc1ccc(-c2ccc(C)cc2CN2C(=O)O[C@H](c3ccccc3)[C@@H]2C)cc1CC(=O)O. The van der Waals surface area contributed by atoms with Gasteiger partial charge in [-0.05, 0) is 48.2 Å². The molecule has 0 aliphatic carbocycles. The summed E-state index contributed by atoms with van der Waals surface area (Å²) in [5, 5.41) is 9.29. The molecule has 2 atom stereocenters. The van der Waals surface area contributed by atoms with Gasteiger partial charge in [-0.2, -0.15) is 0 Å². The maximum Gasteiger partial charge on any atom is 0.411 e. The van der Waals surface area contributed by atoms with E-state index in [2.05, 4.69) is 6.07 Å². The number of methoxy groups -OCH3 is 1. The number of cyclic esters (lactones) is 1. The summed E-state index contributed by atoms with van der Waals surface area (Å²) in [5.41, 5.74) is 5.44. The second kappa shape index (κ2) is 9.36. The monoisotopic (exact) mass is 445 g/mol. The van der Waals surface area contributed by atoms with Crippen LogP contribution < -0.4 is 4.74 Å². The molecule has 3 aromatic rings. The van der Waals surface area contributed by atoms with E-state index >= 15 is 0 Å². The Bertz CT molecular complexity index is 1170. The zero-order valence-electron chi connectivity index (χ0n) is 18.9. The first-order valence-corrected chi connectivity index (χ1v) is 10.9. The predicted molar refractivity (Wildman–Crippen MR) is 125 cm³/mol. The molecule has 1 N–H and O–H groups in total. The molecule has 6 nitrogen and oxygen atoms in total. The van der Waals surface area contributed by atoms with Crippen molar-refractivity contribution in [2.75, 3.05) is 7.11 Å². The number of carboxylic acid groups (broad SMARTS) is 1. The Morgan fingerprint density at radius 1 is 1.06 bits per heavy atom. The maximum atomic E-state index is 12.8. The summed E-state index contributed by atoms with van der Waals surface area (Å²) in [6, 6.07) is 21.3. The van der Waals surface area contributed by atoms with E-state index in [0.29, 0.717) is 17.9 Å². The minimum absolute atomic E-state index is 0.132. The summed E-state index contributed by atoms with van der Waals surface area (Å²) in [6.07, 6.45) is -0.799. The molecule has 0 unspecified atom stereocenters. The van der Waals surface area contributed by atoms with Gasteiger partial charge in [0.25, 0.3) is 0 Å². The molecule has 1 amide bonds. The lowest BCUT2D eigenvalue weighted by atomic mass is 9.94. The lowest BCUT2D eigenvalue weighted by Gasteiger charge is -2.23. The molecule has 33 heavy (non-hydrogen) atoms. The Morgan fingerprint density at radius 3 is 2.52 bits per heavy atom. The van der Waals surface area contributed by atoms with Gasteiger partial charge in [0, 0.05) is 5.56 Å². The fourth-order valence-electron chi connectivity index (χ4n) is 4.37. The first-order valence-electron chi connectivity index (χ1n) is 10.9. The smallest absolute Gasteiger partial charge is 0.411 e. The van der Waals surface area contributed by atoms with Gasteiger partial charge in [-0.3, -0.25) is 9.69 Å². The molecule has 1 aliphatic rings. The van der Waals surface area contributed by atoms with Gasteiger partial charge in [0.05, 0.1) is 26.1 Å². The number of rotatable bonds is 7. The van der Waals surface area contributed by atoms with E-state index in [-0.39, 0.29) is 24.7 Å². The van der Waals surface area contributed by atoms with Crippen LogP contribution in [0.4, 0.5) is 4.79 Å². The summed E-state index contributed by atoms with van der Waals surface area (Å²) < 4.78 is 11.1. The molecule has 1 heterocycles. The number of hydrogen-bond acceptors (Lipinski definition) is 4. The summed E-state index contributed by atoms with van der Waals surface area (Å²) in [7, 11) is 1.53. The van der Waals surface area contributed by atoms with E-state index < -0.39 is 5.97 Å². The van der Waals surface area contributed by atoms with Crippen molar-refractivity contribution in [2.24, 2.45) is 0 Å². The van der Waals surface area contributed by atoms with Gasteiger partial charge in [0.15, 0.2) is 0 Å². The van der Waals surface area contributed by atoms with Gasteiger partial charge in [-0.25, -0.2) is 4.79 Å². The van der Waals surface area contributed by atoms with Crippen LogP contribution in [0.3, 0.4) is 0 Å². The van der Waals surface area contributed by atoms with Gasteiger partial charge >= 0.3 is 12.1 Å². The van der Waals surface area contributed by atoms with Crippen LogP contribution in [0, 0.1) is 6.92 Å². The average molecular weight is 446 g/mol. The molecule has 0 bridgehead atoms. The highest BCUT2D eigenvalue weighted by Gasteiger charge is 2.39. The Balaban J connectivity index is 1.67. The molecule has 0 aromatic heterocycles. The molecular formula is C27H27NO5. The summed E-state index contributed by atoms with van der Waals surface area (Å²) >= 11 is 0. The number of carbonyl (C=O) groups excluding carboxylic acids is 1. The normalized spacial score (nSPS) is 17.7. The van der Waals surface area contributed by atoms with E-state index in [0.717, 1.165) is 27.8 Å². The number of ether oxygens (including phenoxy) is 2. The Labute approximate surface area is 193 Å². The number of carbonyl (C=O) groups is 2. The molecule has 1 aliphatic heterocycles. The lowest BCUT2D eigenvalue weighted by molar-refractivity contribution is -0.136. The molecule has 4 rings (SSSR count). The second-order valence-electron chi connectivity index (χ2n) is 8.34. The van der Waals surface area contributed by atoms with Crippen LogP contribution in [0.25, 0.3) is 11.1 Å². The van der Waals surface area contributed by atoms with Crippen LogP contribution >= 0.6 is 0 Å². The van der Waals surface area contributed by atoms with Crippen molar-refractivity contribution in [1.82, 2.24) is 4.90 Å². The molecule has 0 saturated carbocycles. The minimum atomic E-state index is -0.921. The third-order valence-electron chi connectivity index (χ3n) is 6.05. The van der Waals surface area contributed by atoms with Gasteiger partial charge < -0.3 is 14.6 Å². The second-order valence-corrected chi connectivity index (χ2v) is 8.34. The molecular weight excluding hydrogens is 418 g/mol. The zero-order chi connectivity index (χ0) is 23.5. The van der Waals surface area contributed by atoms with Crippen LogP contribution in [0.1, 0.15) is 35.3 Å². The molecule has 0 spiro atoms. The number of amides is 1. The van der Waals surface area contributed by atoms with Crippen molar-refractivity contribution in [3.63, 3.8) is 0 Å². The van der Waals surface area contributed by atoms with Crippen LogP contribution in [-0.4, -0.2) is 35.2 Å². The highest BCUT2D eigenvalue weighted by molar-refractivity contribution is 5.76. The third-order valence-corrected chi connectivity index (χ3v) is 6.05. The average Bonchev–Trinajstić information content (AvgIpc) is 3.08. The highest BCUT2D eigenvalue weighted by Crippen LogP contribution is 2.36. The van der Waals surface area contributed by atoms with Crippen LogP contribution in [0.15, 0.2) is 66.7 Å². The van der Waals surface area contributed by atoms with Crippen molar-refractivity contribution >= 4 is 12.1 Å². The summed E-state index contributed by atoms with van der Waals surface area (Å²) in [4.78, 5) is 25.9. The van der Waals surface area contributed by atoms with Crippen molar-refractivity contribution in [1.29, 1.82) is 0 Å². The van der Waals surface area contributed by atoms with Gasteiger partial charge in [0.2, 0.25) is 0 Å². The van der Waals surface area contributed by atoms with Crippen molar-refractivity contribution < 1.29 is 24.2 Å². The van der Waals surface area contributed by atoms with Gasteiger partial charge in [0.1, 0.15) is 11.9 Å². The van der Waals surface area contributed by atoms with E-state index in [1.54, 1.807) is 11.0 Å². The maximum absolute atomic E-state index is 12.8. The summed E-state index contributed by atoms with van der Waals surface area (Å²) in [5.74, 6) is -0.382. The Hall–Kier alpha value is -3.80. The highest BCUT2D eigenvalue weighted by atomic mass is 16.6. The number of hydrogen-bond donors (Lipinski definition) is 1. The zero-order valence-corrected chi connectivity index (χ0v) is 18.9. The Kier molecular flexibility index (Phi) is 6.36. The summed E-state index contributed by atoms with van der Waals surface area (Å²) in [6.45, 7) is 4.40. The first-order chi connectivity index (χ1) is 15.9. The standard InChI is InChI=1S/C27H27NO5/c1-17-9-11-23(20-10-12-24(32-3)21(14-20)15-25(29)30)22(13-17)16-28-18(2)26(33-27(28)31)19-7-5-4-6-8-19/h4-14,18,26H,15-16H2,1-3H3,(H,29,30)/t18-,26-/m0/s1. The third kappa shape index (κ3) is 4.70. The molecule has 1 saturated heterocycles. The quantitative estimate of drug-likeness (QED) is 0.528. The van der Waals surface area contributed by atoms with Gasteiger partial charge in [-0.15, -0.1) is 0 Å². The minimum Gasteiger partial charge on any atom is -0.496 e. The van der Waals surface area contributed by atoms with Crippen LogP contribution in [-0.2, 0) is 22.5 Å². The van der Waals surface area contributed by atoms with E-state index in [1.165, 1.54) is 7.11 Å².